The number of guanidine groups is 1. The molecular weight excluding hydrogens is 419 g/mol. The van der Waals surface area contributed by atoms with Crippen molar-refractivity contribution in [3.05, 3.63) is 0 Å². The molecule has 1 atom stereocenters. The van der Waals surface area contributed by atoms with Crippen LogP contribution in [0.4, 0.5) is 0 Å². The zero-order valence-electron chi connectivity index (χ0n) is 15.1. The predicted molar refractivity (Wildman–Crippen MR) is 108 cm³/mol. The highest BCUT2D eigenvalue weighted by Crippen LogP contribution is 2.20. The number of likely N-dealkylation sites (tertiary alicyclic amines) is 1. The van der Waals surface area contributed by atoms with Crippen molar-refractivity contribution in [2.75, 3.05) is 39.8 Å². The largest absolute Gasteiger partial charge is 0.378 e. The molecule has 0 bridgehead atoms. The van der Waals surface area contributed by atoms with Crippen LogP contribution in [0.3, 0.4) is 0 Å². The molecule has 0 spiro atoms. The molecule has 0 aromatic rings. The van der Waals surface area contributed by atoms with Crippen LogP contribution in [0.1, 0.15) is 45.4 Å². The number of hydrogen-bond donors (Lipinski definition) is 2. The second-order valence-electron chi connectivity index (χ2n) is 6.47. The first kappa shape index (κ1) is 21.5. The van der Waals surface area contributed by atoms with Gasteiger partial charge in [-0.1, -0.05) is 0 Å². The fraction of sp³-hybridized carbons (Fsp3) is 0.882. The highest BCUT2D eigenvalue weighted by atomic mass is 127. The van der Waals surface area contributed by atoms with Gasteiger partial charge in [0.05, 0.1) is 6.10 Å². The summed E-state index contributed by atoms with van der Waals surface area (Å²) >= 11 is 0. The molecule has 2 saturated heterocycles. The Morgan fingerprint density at radius 3 is 2.62 bits per heavy atom. The first-order valence-corrected chi connectivity index (χ1v) is 9.08. The maximum Gasteiger partial charge on any atom is 0.220 e. The summed E-state index contributed by atoms with van der Waals surface area (Å²) in [6.07, 6.45) is 6.55. The van der Waals surface area contributed by atoms with Crippen LogP contribution in [-0.4, -0.2) is 62.7 Å². The number of nitrogens with one attached hydrogen (secondary N) is 2. The van der Waals surface area contributed by atoms with Crippen LogP contribution in [0.5, 0.6) is 0 Å². The lowest BCUT2D eigenvalue weighted by Gasteiger charge is -2.34. The lowest BCUT2D eigenvalue weighted by atomic mass is 9.93. The highest BCUT2D eigenvalue weighted by molar-refractivity contribution is 14.0. The van der Waals surface area contributed by atoms with Gasteiger partial charge >= 0.3 is 0 Å². The SMILES string of the molecule is CCNC(=NCCC1CCCO1)N1CCC(CC(=O)NC)CC1.I. The summed E-state index contributed by atoms with van der Waals surface area (Å²) in [7, 11) is 1.71. The van der Waals surface area contributed by atoms with E-state index in [2.05, 4.69) is 22.5 Å². The summed E-state index contributed by atoms with van der Waals surface area (Å²) in [4.78, 5) is 18.6. The Morgan fingerprint density at radius 1 is 1.29 bits per heavy atom. The van der Waals surface area contributed by atoms with E-state index < -0.39 is 0 Å². The van der Waals surface area contributed by atoms with E-state index in [9.17, 15) is 4.79 Å². The van der Waals surface area contributed by atoms with Gasteiger partial charge in [0.15, 0.2) is 5.96 Å². The van der Waals surface area contributed by atoms with Crippen molar-refractivity contribution in [3.8, 4) is 0 Å². The van der Waals surface area contributed by atoms with Crippen LogP contribution in [0.15, 0.2) is 4.99 Å². The number of amides is 1. The number of hydrogen-bond acceptors (Lipinski definition) is 3. The standard InChI is InChI=1S/C17H32N4O2.HI/c1-3-19-17(20-9-6-15-5-4-12-23-15)21-10-7-14(8-11-21)13-16(22)18-2;/h14-15H,3-13H2,1-2H3,(H,18,22)(H,19,20);1H. The van der Waals surface area contributed by atoms with E-state index in [1.807, 2.05) is 0 Å². The monoisotopic (exact) mass is 452 g/mol. The minimum absolute atomic E-state index is 0. The number of nitrogens with zero attached hydrogens (tertiary/aromatic N) is 2. The predicted octanol–water partition coefficient (Wildman–Crippen LogP) is 1.99. The van der Waals surface area contributed by atoms with Crippen molar-refractivity contribution in [1.82, 2.24) is 15.5 Å². The molecule has 6 nitrogen and oxygen atoms in total. The van der Waals surface area contributed by atoms with Gasteiger partial charge in [-0.05, 0) is 44.9 Å². The number of halogens is 1. The normalized spacial score (nSPS) is 22.2. The molecule has 140 valence electrons. The number of carbonyl (C=O) groups is 1. The van der Waals surface area contributed by atoms with Crippen LogP contribution in [0, 0.1) is 5.92 Å². The molecule has 2 aliphatic rings. The van der Waals surface area contributed by atoms with Gasteiger partial charge < -0.3 is 20.3 Å². The van der Waals surface area contributed by atoms with E-state index in [1.54, 1.807) is 7.05 Å². The first-order valence-electron chi connectivity index (χ1n) is 9.08. The molecule has 0 aliphatic carbocycles. The Balaban J connectivity index is 0.00000288. The Bertz CT molecular complexity index is 392. The summed E-state index contributed by atoms with van der Waals surface area (Å²) in [5.74, 6) is 1.67. The summed E-state index contributed by atoms with van der Waals surface area (Å²) < 4.78 is 5.66. The molecular formula is C17H33IN4O2. The number of ether oxygens (including phenoxy) is 1. The molecule has 24 heavy (non-hydrogen) atoms. The van der Waals surface area contributed by atoms with Gasteiger partial charge in [0.25, 0.3) is 0 Å². The Hall–Kier alpha value is -0.570. The van der Waals surface area contributed by atoms with E-state index >= 15 is 0 Å². The molecule has 1 amide bonds. The molecule has 7 heteroatoms. The third kappa shape index (κ3) is 7.13. The van der Waals surface area contributed by atoms with E-state index in [-0.39, 0.29) is 29.9 Å². The molecule has 2 rings (SSSR count). The lowest BCUT2D eigenvalue weighted by Crippen LogP contribution is -2.46. The van der Waals surface area contributed by atoms with Crippen molar-refractivity contribution in [3.63, 3.8) is 0 Å². The van der Waals surface area contributed by atoms with Gasteiger partial charge in [-0.25, -0.2) is 0 Å². The Kier molecular flexibility index (Phi) is 10.6. The van der Waals surface area contributed by atoms with Crippen molar-refractivity contribution in [1.29, 1.82) is 0 Å². The molecule has 1 unspecified atom stereocenters. The number of aliphatic imine (C=N–C) groups is 1. The summed E-state index contributed by atoms with van der Waals surface area (Å²) in [5, 5.41) is 6.12. The van der Waals surface area contributed by atoms with Crippen molar-refractivity contribution in [2.24, 2.45) is 10.9 Å². The molecule has 2 aliphatic heterocycles. The molecule has 2 N–H and O–H groups in total. The maximum atomic E-state index is 11.5. The fourth-order valence-corrected chi connectivity index (χ4v) is 3.33. The van der Waals surface area contributed by atoms with Crippen LogP contribution in [-0.2, 0) is 9.53 Å². The smallest absolute Gasteiger partial charge is 0.220 e. The average molecular weight is 452 g/mol. The maximum absolute atomic E-state index is 11.5. The zero-order chi connectivity index (χ0) is 16.5. The second-order valence-corrected chi connectivity index (χ2v) is 6.47. The van der Waals surface area contributed by atoms with Gasteiger partial charge in [-0.3, -0.25) is 9.79 Å². The van der Waals surface area contributed by atoms with Gasteiger partial charge in [0, 0.05) is 46.3 Å². The topological polar surface area (TPSA) is 66.0 Å². The van der Waals surface area contributed by atoms with Gasteiger partial charge in [0.1, 0.15) is 0 Å². The van der Waals surface area contributed by atoms with Gasteiger partial charge in [0.2, 0.25) is 5.91 Å². The first-order chi connectivity index (χ1) is 11.2. The molecule has 0 saturated carbocycles. The second kappa shape index (κ2) is 11.9. The average Bonchev–Trinajstić information content (AvgIpc) is 3.08. The van der Waals surface area contributed by atoms with Crippen molar-refractivity contribution >= 4 is 35.8 Å². The summed E-state index contributed by atoms with van der Waals surface area (Å²) in [6, 6.07) is 0. The number of carbonyl (C=O) groups excluding carboxylic acids is 1. The minimum Gasteiger partial charge on any atom is -0.378 e. The summed E-state index contributed by atoms with van der Waals surface area (Å²) in [5.41, 5.74) is 0. The Labute approximate surface area is 163 Å². The van der Waals surface area contributed by atoms with E-state index in [1.165, 1.54) is 12.8 Å². The molecule has 0 aromatic carbocycles. The van der Waals surface area contributed by atoms with Crippen LogP contribution < -0.4 is 10.6 Å². The van der Waals surface area contributed by atoms with Crippen molar-refractivity contribution in [2.45, 2.75) is 51.6 Å². The minimum atomic E-state index is 0. The summed E-state index contributed by atoms with van der Waals surface area (Å²) in [6.45, 7) is 6.68. The third-order valence-electron chi connectivity index (χ3n) is 4.74. The van der Waals surface area contributed by atoms with Crippen LogP contribution in [0.2, 0.25) is 0 Å². The highest BCUT2D eigenvalue weighted by Gasteiger charge is 2.23. The van der Waals surface area contributed by atoms with E-state index in [0.29, 0.717) is 18.4 Å². The quantitative estimate of drug-likeness (QED) is 0.368. The van der Waals surface area contributed by atoms with Crippen LogP contribution >= 0.6 is 24.0 Å². The number of piperidine rings is 1. The number of rotatable bonds is 6. The molecule has 0 aromatic heterocycles. The fourth-order valence-electron chi connectivity index (χ4n) is 3.33. The van der Waals surface area contributed by atoms with Crippen LogP contribution in [0.25, 0.3) is 0 Å². The van der Waals surface area contributed by atoms with E-state index in [4.69, 9.17) is 9.73 Å². The lowest BCUT2D eigenvalue weighted by molar-refractivity contribution is -0.121. The Morgan fingerprint density at radius 2 is 2.04 bits per heavy atom. The van der Waals surface area contributed by atoms with Gasteiger partial charge in [-0.15, -0.1) is 24.0 Å². The zero-order valence-corrected chi connectivity index (χ0v) is 17.4. The van der Waals surface area contributed by atoms with Gasteiger partial charge in [-0.2, -0.15) is 0 Å². The van der Waals surface area contributed by atoms with Crippen molar-refractivity contribution < 1.29 is 9.53 Å². The molecule has 0 radical (unpaired) electrons. The molecule has 2 fully saturated rings. The molecule has 2 heterocycles. The van der Waals surface area contributed by atoms with E-state index in [0.717, 1.165) is 58.0 Å². The third-order valence-corrected chi connectivity index (χ3v) is 4.74.